The molecule has 1 aliphatic heterocycles. The van der Waals surface area contributed by atoms with Gasteiger partial charge < -0.3 is 44.8 Å². The highest BCUT2D eigenvalue weighted by Crippen LogP contribution is 2.31. The molecule has 4 aromatic rings. The van der Waals surface area contributed by atoms with E-state index in [-0.39, 0.29) is 17.8 Å². The van der Waals surface area contributed by atoms with E-state index in [4.69, 9.17) is 24.7 Å². The molecule has 1 saturated carbocycles. The summed E-state index contributed by atoms with van der Waals surface area (Å²) < 4.78 is 16.7. The molecular weight excluding hydrogens is 562 g/mol. The molecule has 6 rings (SSSR count). The first-order valence-corrected chi connectivity index (χ1v) is 15.5. The van der Waals surface area contributed by atoms with Gasteiger partial charge in [0.05, 0.1) is 31.7 Å². The summed E-state index contributed by atoms with van der Waals surface area (Å²) in [6.45, 7) is 5.42. The number of aromatic amines is 1. The zero-order valence-electron chi connectivity index (χ0n) is 25.6. The van der Waals surface area contributed by atoms with E-state index >= 15 is 0 Å². The third-order valence-electron chi connectivity index (χ3n) is 9.14. The van der Waals surface area contributed by atoms with E-state index in [1.165, 1.54) is 0 Å². The number of benzene rings is 2. The first-order chi connectivity index (χ1) is 21.1. The number of aliphatic hydroxyl groups is 2. The van der Waals surface area contributed by atoms with Gasteiger partial charge in [-0.1, -0.05) is 13.0 Å². The summed E-state index contributed by atoms with van der Waals surface area (Å²) in [5.74, 6) is 0.768. The van der Waals surface area contributed by atoms with Crippen molar-refractivity contribution in [3.63, 3.8) is 0 Å². The van der Waals surface area contributed by atoms with Crippen LogP contribution in [0.3, 0.4) is 0 Å². The van der Waals surface area contributed by atoms with E-state index in [1.807, 2.05) is 36.4 Å². The van der Waals surface area contributed by atoms with Gasteiger partial charge in [-0.15, -0.1) is 0 Å². The number of hydrogen-bond acceptors (Lipinski definition) is 8. The van der Waals surface area contributed by atoms with E-state index in [1.54, 1.807) is 19.4 Å². The minimum atomic E-state index is -0.993. The number of carbonyl (C=O) groups is 1. The minimum absolute atomic E-state index is 0.142. The normalized spacial score (nSPS) is 24.2. The Balaban J connectivity index is 0.000000187. The van der Waals surface area contributed by atoms with Gasteiger partial charge in [0.1, 0.15) is 22.8 Å². The molecule has 2 fully saturated rings. The van der Waals surface area contributed by atoms with Crippen LogP contribution in [0.15, 0.2) is 53.1 Å². The van der Waals surface area contributed by atoms with E-state index in [0.717, 1.165) is 91.3 Å². The van der Waals surface area contributed by atoms with Crippen LogP contribution in [0.25, 0.3) is 21.9 Å². The Labute approximate surface area is 257 Å². The number of methoxy groups -OCH3 is 1. The van der Waals surface area contributed by atoms with Crippen molar-refractivity contribution in [2.45, 2.75) is 69.6 Å². The van der Waals surface area contributed by atoms with Gasteiger partial charge in [0, 0.05) is 60.0 Å². The van der Waals surface area contributed by atoms with Crippen LogP contribution in [0.4, 0.5) is 0 Å². The van der Waals surface area contributed by atoms with E-state index in [9.17, 15) is 15.0 Å². The lowest BCUT2D eigenvalue weighted by atomic mass is 9.80. The maximum atomic E-state index is 11.1. The molecule has 0 unspecified atom stereocenters. The Hall–Kier alpha value is -3.57. The highest BCUT2D eigenvalue weighted by atomic mass is 16.5. The van der Waals surface area contributed by atoms with Gasteiger partial charge in [-0.25, -0.2) is 4.79 Å². The number of aromatic nitrogens is 1. The molecule has 1 aliphatic carbocycles. The summed E-state index contributed by atoms with van der Waals surface area (Å²) in [6, 6.07) is 13.1. The van der Waals surface area contributed by atoms with Crippen molar-refractivity contribution in [1.29, 1.82) is 0 Å². The molecule has 238 valence electrons. The minimum Gasteiger partial charge on any atom is -0.497 e. The van der Waals surface area contributed by atoms with Crippen LogP contribution in [0, 0.1) is 5.92 Å². The Morgan fingerprint density at radius 1 is 1.16 bits per heavy atom. The topological polar surface area (TPSA) is 154 Å². The number of H-pyrrole nitrogens is 1. The Kier molecular flexibility index (Phi) is 10.2. The van der Waals surface area contributed by atoms with Gasteiger partial charge in [0.25, 0.3) is 0 Å². The smallest absolute Gasteiger partial charge is 0.352 e. The zero-order chi connectivity index (χ0) is 31.3. The average Bonchev–Trinajstić information content (AvgIpc) is 3.65. The van der Waals surface area contributed by atoms with Crippen molar-refractivity contribution in [2.24, 2.45) is 11.7 Å². The Morgan fingerprint density at radius 3 is 2.68 bits per heavy atom. The van der Waals surface area contributed by atoms with Crippen LogP contribution in [-0.4, -0.2) is 82.3 Å². The standard InChI is InChI=1S/C20H17NO5.C14H28N2O2/c1-24-13-5-6-14-12(11-26-19(14)9-13)7-8-25-18-4-2-3-16-15(18)10-17(21-16)20(22)23;1-11-10-16(8-4-13(11)17)9-7-14(18)5-2-12(15)3-6-14/h2-6,9-11,21H,7-8H2,1H3,(H,22,23);11-13,17-18H,2-10,15H2,1H3/t;11-,12?,13-,14?/m.0/s1. The van der Waals surface area contributed by atoms with Gasteiger partial charge in [-0.05, 0) is 74.8 Å². The number of carboxylic acids is 1. The number of nitrogens with one attached hydrogen (secondary N) is 1. The number of ether oxygens (including phenoxy) is 2. The highest BCUT2D eigenvalue weighted by Gasteiger charge is 2.33. The molecule has 3 heterocycles. The largest absolute Gasteiger partial charge is 0.497 e. The monoisotopic (exact) mass is 607 g/mol. The quantitative estimate of drug-likeness (QED) is 0.178. The second-order valence-electron chi connectivity index (χ2n) is 12.4. The second-order valence-corrected chi connectivity index (χ2v) is 12.4. The molecule has 2 atom stereocenters. The Morgan fingerprint density at radius 2 is 1.95 bits per heavy atom. The molecule has 10 heteroatoms. The molecular formula is C34H45N3O7. The number of aromatic carboxylic acids is 1. The molecule has 2 aliphatic rings. The molecule has 44 heavy (non-hydrogen) atoms. The van der Waals surface area contributed by atoms with E-state index in [2.05, 4.69) is 16.8 Å². The molecule has 10 nitrogen and oxygen atoms in total. The SMILES string of the molecule is COc1ccc2c(CCOc3cccc4[nH]c(C(=O)O)cc34)coc2c1.C[C@H]1CN(CCC2(O)CCC(N)CC2)CC[C@@H]1O. The lowest BCUT2D eigenvalue weighted by molar-refractivity contribution is -0.0252. The van der Waals surface area contributed by atoms with Crippen LogP contribution in [0.2, 0.25) is 0 Å². The van der Waals surface area contributed by atoms with E-state index in [0.29, 0.717) is 24.7 Å². The molecule has 0 radical (unpaired) electrons. The van der Waals surface area contributed by atoms with Crippen molar-refractivity contribution in [2.75, 3.05) is 33.4 Å². The van der Waals surface area contributed by atoms with Gasteiger partial charge >= 0.3 is 5.97 Å². The maximum absolute atomic E-state index is 11.1. The fourth-order valence-electron chi connectivity index (χ4n) is 6.24. The van der Waals surface area contributed by atoms with Crippen LogP contribution in [-0.2, 0) is 6.42 Å². The molecule has 2 aromatic heterocycles. The third-order valence-corrected chi connectivity index (χ3v) is 9.14. The van der Waals surface area contributed by atoms with Crippen molar-refractivity contribution in [1.82, 2.24) is 9.88 Å². The Bertz CT molecular complexity index is 1540. The average molecular weight is 608 g/mol. The number of rotatable bonds is 9. The number of piperidine rings is 1. The fraction of sp³-hybridized carbons (Fsp3) is 0.500. The number of aliphatic hydroxyl groups excluding tert-OH is 1. The van der Waals surface area contributed by atoms with Crippen molar-refractivity contribution < 1.29 is 34.0 Å². The highest BCUT2D eigenvalue weighted by molar-refractivity contribution is 5.96. The van der Waals surface area contributed by atoms with Crippen LogP contribution in [0.5, 0.6) is 11.5 Å². The predicted octanol–water partition coefficient (Wildman–Crippen LogP) is 4.95. The summed E-state index contributed by atoms with van der Waals surface area (Å²) in [5, 5.41) is 31.1. The van der Waals surface area contributed by atoms with Crippen molar-refractivity contribution in [3.05, 3.63) is 60.0 Å². The summed E-state index contributed by atoms with van der Waals surface area (Å²) in [7, 11) is 1.62. The summed E-state index contributed by atoms with van der Waals surface area (Å²) in [4.78, 5) is 16.4. The van der Waals surface area contributed by atoms with Crippen LogP contribution >= 0.6 is 0 Å². The van der Waals surface area contributed by atoms with Gasteiger partial charge in [-0.3, -0.25) is 0 Å². The van der Waals surface area contributed by atoms with Crippen LogP contribution in [0.1, 0.15) is 61.5 Å². The number of carboxylic acid groups (broad SMARTS) is 1. The summed E-state index contributed by atoms with van der Waals surface area (Å²) in [6.07, 6.45) is 7.57. The van der Waals surface area contributed by atoms with Crippen molar-refractivity contribution >= 4 is 27.8 Å². The number of likely N-dealkylation sites (tertiary alicyclic amines) is 1. The maximum Gasteiger partial charge on any atom is 0.352 e. The second kappa shape index (κ2) is 14.0. The third kappa shape index (κ3) is 7.74. The number of nitrogens with two attached hydrogens (primary N) is 1. The fourth-order valence-corrected chi connectivity index (χ4v) is 6.24. The van der Waals surface area contributed by atoms with Gasteiger partial charge in [0.15, 0.2) is 0 Å². The number of nitrogens with zero attached hydrogens (tertiary/aromatic N) is 1. The lowest BCUT2D eigenvalue weighted by Crippen LogP contribution is -2.45. The number of fused-ring (bicyclic) bond motifs is 2. The molecule has 0 spiro atoms. The summed E-state index contributed by atoms with van der Waals surface area (Å²) in [5.41, 5.74) is 8.10. The molecule has 6 N–H and O–H groups in total. The molecule has 2 aromatic carbocycles. The lowest BCUT2D eigenvalue weighted by Gasteiger charge is -2.39. The molecule has 0 bridgehead atoms. The van der Waals surface area contributed by atoms with Gasteiger partial charge in [0.2, 0.25) is 0 Å². The van der Waals surface area contributed by atoms with Crippen LogP contribution < -0.4 is 15.2 Å². The first-order valence-electron chi connectivity index (χ1n) is 15.5. The number of hydrogen-bond donors (Lipinski definition) is 5. The van der Waals surface area contributed by atoms with Gasteiger partial charge in [-0.2, -0.15) is 0 Å². The number of furan rings is 1. The summed E-state index contributed by atoms with van der Waals surface area (Å²) >= 11 is 0. The van der Waals surface area contributed by atoms with Crippen molar-refractivity contribution in [3.8, 4) is 11.5 Å². The molecule has 0 amide bonds. The van der Waals surface area contributed by atoms with E-state index < -0.39 is 11.6 Å². The zero-order valence-corrected chi connectivity index (χ0v) is 25.6. The molecule has 1 saturated heterocycles. The predicted molar refractivity (Wildman–Crippen MR) is 169 cm³/mol. The first kappa shape index (κ1) is 31.8.